The first-order chi connectivity index (χ1) is 9.33. The number of nitrogens with one attached hydrogen (secondary N) is 1. The van der Waals surface area contributed by atoms with Crippen LogP contribution in [0.15, 0.2) is 0 Å². The molecule has 5 heteroatoms. The topological polar surface area (TPSA) is 35.6 Å². The van der Waals surface area contributed by atoms with Crippen molar-refractivity contribution in [2.24, 2.45) is 0 Å². The van der Waals surface area contributed by atoms with E-state index >= 15 is 0 Å². The molecule has 2 aliphatic heterocycles. The maximum Gasteiger partial charge on any atom is 0.242 e. The summed E-state index contributed by atoms with van der Waals surface area (Å²) in [7, 11) is 0. The van der Waals surface area contributed by atoms with Gasteiger partial charge >= 0.3 is 0 Å². The third kappa shape index (κ3) is 3.68. The maximum absolute atomic E-state index is 12.9. The number of amides is 1. The summed E-state index contributed by atoms with van der Waals surface area (Å²) in [5, 5.41) is 3.36. The smallest absolute Gasteiger partial charge is 0.242 e. The fourth-order valence-corrected chi connectivity index (χ4v) is 4.07. The van der Waals surface area contributed by atoms with Crippen LogP contribution >= 0.6 is 11.8 Å². The lowest BCUT2D eigenvalue weighted by Crippen LogP contribution is -2.60. The Kier molecular flexibility index (Phi) is 5.03. The number of hydrogen-bond donors (Lipinski definition) is 1. The number of nitrogens with zero attached hydrogens (tertiary/aromatic N) is 2. The second-order valence-electron chi connectivity index (χ2n) is 6.95. The van der Waals surface area contributed by atoms with Crippen molar-refractivity contribution in [2.75, 3.05) is 45.0 Å². The lowest BCUT2D eigenvalue weighted by molar-refractivity contribution is -0.143. The SMILES string of the molecule is CC1(C)CCN(C(=O)C(C)(C)N2CCNCC2)CCS1. The fourth-order valence-electron chi connectivity index (χ4n) is 2.97. The van der Waals surface area contributed by atoms with Gasteiger partial charge in [0.05, 0.1) is 5.54 Å². The van der Waals surface area contributed by atoms with Crippen molar-refractivity contribution in [3.8, 4) is 0 Å². The van der Waals surface area contributed by atoms with Crippen LogP contribution in [0.25, 0.3) is 0 Å². The maximum atomic E-state index is 12.9. The minimum atomic E-state index is -0.374. The van der Waals surface area contributed by atoms with Crippen LogP contribution in [0.1, 0.15) is 34.1 Å². The van der Waals surface area contributed by atoms with E-state index in [4.69, 9.17) is 0 Å². The lowest BCUT2D eigenvalue weighted by atomic mass is 9.98. The molecule has 0 saturated carbocycles. The first kappa shape index (κ1) is 16.1. The van der Waals surface area contributed by atoms with E-state index in [0.29, 0.717) is 10.7 Å². The molecule has 0 unspecified atom stereocenters. The molecule has 20 heavy (non-hydrogen) atoms. The molecule has 1 amide bonds. The van der Waals surface area contributed by atoms with Crippen LogP contribution < -0.4 is 5.32 Å². The van der Waals surface area contributed by atoms with Gasteiger partial charge in [0.1, 0.15) is 0 Å². The molecule has 0 bridgehead atoms. The molecule has 0 aliphatic carbocycles. The van der Waals surface area contributed by atoms with Crippen LogP contribution in [0.2, 0.25) is 0 Å². The molecular weight excluding hydrogens is 270 g/mol. The van der Waals surface area contributed by atoms with Gasteiger partial charge in [-0.05, 0) is 20.3 Å². The van der Waals surface area contributed by atoms with Gasteiger partial charge in [-0.3, -0.25) is 9.69 Å². The molecule has 0 aromatic heterocycles. The van der Waals surface area contributed by atoms with Gasteiger partial charge in [-0.2, -0.15) is 11.8 Å². The van der Waals surface area contributed by atoms with Gasteiger partial charge in [0.15, 0.2) is 0 Å². The quantitative estimate of drug-likeness (QED) is 0.836. The van der Waals surface area contributed by atoms with E-state index in [0.717, 1.165) is 51.4 Å². The normalized spacial score (nSPS) is 25.3. The van der Waals surface area contributed by atoms with E-state index in [-0.39, 0.29) is 5.54 Å². The third-order valence-electron chi connectivity index (χ3n) is 4.56. The van der Waals surface area contributed by atoms with E-state index in [1.54, 1.807) is 0 Å². The highest BCUT2D eigenvalue weighted by Crippen LogP contribution is 2.31. The van der Waals surface area contributed by atoms with Crippen LogP contribution in [-0.4, -0.2) is 71.0 Å². The van der Waals surface area contributed by atoms with Gasteiger partial charge in [0.25, 0.3) is 0 Å². The van der Waals surface area contributed by atoms with E-state index in [2.05, 4.69) is 42.8 Å². The molecule has 0 atom stereocenters. The van der Waals surface area contributed by atoms with Crippen molar-refractivity contribution in [1.82, 2.24) is 15.1 Å². The van der Waals surface area contributed by atoms with Crippen molar-refractivity contribution in [3.63, 3.8) is 0 Å². The fraction of sp³-hybridized carbons (Fsp3) is 0.933. The predicted octanol–water partition coefficient (Wildman–Crippen LogP) is 1.41. The first-order valence-electron chi connectivity index (χ1n) is 7.72. The number of carbonyl (C=O) groups is 1. The average molecular weight is 299 g/mol. The van der Waals surface area contributed by atoms with E-state index in [9.17, 15) is 4.79 Å². The first-order valence-corrected chi connectivity index (χ1v) is 8.71. The number of rotatable bonds is 2. The van der Waals surface area contributed by atoms with Crippen molar-refractivity contribution >= 4 is 17.7 Å². The van der Waals surface area contributed by atoms with Gasteiger partial charge in [0, 0.05) is 49.8 Å². The molecule has 0 radical (unpaired) electrons. The molecule has 0 aromatic carbocycles. The summed E-state index contributed by atoms with van der Waals surface area (Å²) in [6.45, 7) is 14.4. The highest BCUT2D eigenvalue weighted by atomic mass is 32.2. The van der Waals surface area contributed by atoms with Crippen molar-refractivity contribution in [1.29, 1.82) is 0 Å². The Morgan fingerprint density at radius 3 is 2.45 bits per heavy atom. The highest BCUT2D eigenvalue weighted by molar-refractivity contribution is 8.00. The average Bonchev–Trinajstić information content (AvgIpc) is 2.60. The Morgan fingerprint density at radius 2 is 1.80 bits per heavy atom. The Morgan fingerprint density at radius 1 is 1.15 bits per heavy atom. The Bertz CT molecular complexity index is 351. The zero-order chi connectivity index (χ0) is 14.8. The molecule has 116 valence electrons. The van der Waals surface area contributed by atoms with Gasteiger partial charge in [-0.1, -0.05) is 13.8 Å². The van der Waals surface area contributed by atoms with Gasteiger partial charge < -0.3 is 10.2 Å². The zero-order valence-corrected chi connectivity index (χ0v) is 14.2. The summed E-state index contributed by atoms with van der Waals surface area (Å²) in [5.41, 5.74) is -0.374. The van der Waals surface area contributed by atoms with Gasteiger partial charge in [-0.15, -0.1) is 0 Å². The second-order valence-corrected chi connectivity index (χ2v) is 8.75. The van der Waals surface area contributed by atoms with Crippen molar-refractivity contribution in [3.05, 3.63) is 0 Å². The largest absolute Gasteiger partial charge is 0.340 e. The highest BCUT2D eigenvalue weighted by Gasteiger charge is 2.39. The number of hydrogen-bond acceptors (Lipinski definition) is 4. The Hall–Kier alpha value is -0.260. The minimum Gasteiger partial charge on any atom is -0.340 e. The molecular formula is C15H29N3OS. The summed E-state index contributed by atoms with van der Waals surface area (Å²) < 4.78 is 0.300. The van der Waals surface area contributed by atoms with E-state index in [1.807, 2.05) is 11.8 Å². The van der Waals surface area contributed by atoms with Crippen LogP contribution in [0.5, 0.6) is 0 Å². The van der Waals surface area contributed by atoms with Gasteiger partial charge in [0.2, 0.25) is 5.91 Å². The lowest BCUT2D eigenvalue weighted by Gasteiger charge is -2.42. The summed E-state index contributed by atoms with van der Waals surface area (Å²) in [4.78, 5) is 17.4. The summed E-state index contributed by atoms with van der Waals surface area (Å²) in [6, 6.07) is 0. The zero-order valence-electron chi connectivity index (χ0n) is 13.4. The number of carbonyl (C=O) groups excluding carboxylic acids is 1. The monoisotopic (exact) mass is 299 g/mol. The molecule has 0 aromatic rings. The van der Waals surface area contributed by atoms with Crippen LogP contribution in [0, 0.1) is 0 Å². The Labute approximate surface area is 127 Å². The van der Waals surface area contributed by atoms with Gasteiger partial charge in [-0.25, -0.2) is 0 Å². The van der Waals surface area contributed by atoms with E-state index < -0.39 is 0 Å². The van der Waals surface area contributed by atoms with Crippen LogP contribution in [0.3, 0.4) is 0 Å². The standard InChI is InChI=1S/C15H29N3OS/c1-14(2)5-8-17(11-12-20-14)13(19)15(3,4)18-9-6-16-7-10-18/h16H,5-12H2,1-4H3. The van der Waals surface area contributed by atoms with Crippen LogP contribution in [0.4, 0.5) is 0 Å². The molecule has 2 rings (SSSR count). The molecule has 1 N–H and O–H groups in total. The molecule has 2 heterocycles. The van der Waals surface area contributed by atoms with Crippen LogP contribution in [-0.2, 0) is 4.79 Å². The third-order valence-corrected chi connectivity index (χ3v) is 5.93. The Balaban J connectivity index is 2.01. The molecule has 4 nitrogen and oxygen atoms in total. The minimum absolute atomic E-state index is 0.300. The summed E-state index contributed by atoms with van der Waals surface area (Å²) in [5.74, 6) is 1.36. The predicted molar refractivity (Wildman–Crippen MR) is 86.3 cm³/mol. The van der Waals surface area contributed by atoms with Crippen molar-refractivity contribution in [2.45, 2.75) is 44.4 Å². The van der Waals surface area contributed by atoms with Crippen molar-refractivity contribution < 1.29 is 4.79 Å². The number of piperazine rings is 1. The molecule has 2 fully saturated rings. The summed E-state index contributed by atoms with van der Waals surface area (Å²) in [6.07, 6.45) is 1.08. The molecule has 0 spiro atoms. The summed E-state index contributed by atoms with van der Waals surface area (Å²) >= 11 is 1.99. The second kappa shape index (κ2) is 6.24. The number of thioether (sulfide) groups is 1. The van der Waals surface area contributed by atoms with E-state index in [1.165, 1.54) is 0 Å². The molecule has 2 aliphatic rings. The molecule has 2 saturated heterocycles.